The molecule has 4 aromatic rings. The number of hydrogen-bond donors (Lipinski definition) is 2. The average molecular weight is 604 g/mol. The van der Waals surface area contributed by atoms with Crippen molar-refractivity contribution in [2.75, 3.05) is 10.2 Å². The van der Waals surface area contributed by atoms with E-state index in [0.717, 1.165) is 20.9 Å². The molecule has 1 unspecified atom stereocenters. The number of nitrogens with one attached hydrogen (secondary N) is 2. The molecule has 8 nitrogen and oxygen atoms in total. The van der Waals surface area contributed by atoms with Crippen LogP contribution in [0.5, 0.6) is 0 Å². The Hall–Kier alpha value is -5.28. The number of benzene rings is 4. The van der Waals surface area contributed by atoms with Gasteiger partial charge in [-0.15, -0.1) is 11.8 Å². The van der Waals surface area contributed by atoms with Crippen molar-refractivity contribution < 1.29 is 24.0 Å². The van der Waals surface area contributed by atoms with Crippen LogP contribution in [0.25, 0.3) is 6.08 Å². The zero-order chi connectivity index (χ0) is 31.2. The van der Waals surface area contributed by atoms with Crippen LogP contribution in [0, 0.1) is 6.92 Å². The molecule has 9 heteroatoms. The number of ketones is 1. The molecular weight excluding hydrogens is 574 g/mol. The average Bonchev–Trinajstić information content (AvgIpc) is 3.30. The first-order valence-corrected chi connectivity index (χ1v) is 14.8. The summed E-state index contributed by atoms with van der Waals surface area (Å²) >= 11 is 1.27. The molecule has 0 spiro atoms. The highest BCUT2D eigenvalue weighted by Crippen LogP contribution is 2.34. The van der Waals surface area contributed by atoms with E-state index in [-0.39, 0.29) is 29.7 Å². The number of amides is 4. The first-order chi connectivity index (χ1) is 21.2. The highest BCUT2D eigenvalue weighted by molar-refractivity contribution is 8.00. The molecule has 1 aliphatic rings. The number of rotatable bonds is 9. The summed E-state index contributed by atoms with van der Waals surface area (Å²) in [6.45, 7) is 3.42. The molecule has 4 amide bonds. The SMILES string of the molecule is CC(=O)c1ccc(N2C(=O)CC(Sc3ccc(NC(=O)/C(=C/c4ccc(C)cc4)NC(=O)c4ccccc4)cc3)C2=O)cc1. The fourth-order valence-electron chi connectivity index (χ4n) is 4.56. The van der Waals surface area contributed by atoms with E-state index < -0.39 is 17.1 Å². The predicted octanol–water partition coefficient (Wildman–Crippen LogP) is 6.03. The van der Waals surface area contributed by atoms with Crippen LogP contribution in [0.15, 0.2) is 114 Å². The number of nitrogens with zero attached hydrogens (tertiary/aromatic N) is 1. The number of carbonyl (C=O) groups is 5. The lowest BCUT2D eigenvalue weighted by Crippen LogP contribution is -2.31. The van der Waals surface area contributed by atoms with E-state index in [9.17, 15) is 24.0 Å². The van der Waals surface area contributed by atoms with Gasteiger partial charge in [-0.05, 0) is 86.2 Å². The molecule has 1 saturated heterocycles. The summed E-state index contributed by atoms with van der Waals surface area (Å²) < 4.78 is 0. The topological polar surface area (TPSA) is 113 Å². The molecule has 0 aromatic heterocycles. The van der Waals surface area contributed by atoms with E-state index in [0.29, 0.717) is 22.5 Å². The second kappa shape index (κ2) is 13.4. The van der Waals surface area contributed by atoms with E-state index in [1.54, 1.807) is 84.9 Å². The van der Waals surface area contributed by atoms with Gasteiger partial charge in [0.25, 0.3) is 11.8 Å². The largest absolute Gasteiger partial charge is 0.321 e. The van der Waals surface area contributed by atoms with Gasteiger partial charge in [0.1, 0.15) is 5.70 Å². The van der Waals surface area contributed by atoms with E-state index in [4.69, 9.17) is 0 Å². The second-order valence-electron chi connectivity index (χ2n) is 10.2. The van der Waals surface area contributed by atoms with E-state index in [2.05, 4.69) is 10.6 Å². The number of imide groups is 1. The van der Waals surface area contributed by atoms with Crippen LogP contribution in [0.4, 0.5) is 11.4 Å². The van der Waals surface area contributed by atoms with Crippen LogP contribution >= 0.6 is 11.8 Å². The molecule has 1 aliphatic heterocycles. The number of hydrogen-bond acceptors (Lipinski definition) is 6. The van der Waals surface area contributed by atoms with Gasteiger partial charge in [-0.2, -0.15) is 0 Å². The molecular formula is C35H29N3O5S. The Morgan fingerprint density at radius 3 is 2.11 bits per heavy atom. The number of thioether (sulfide) groups is 1. The Balaban J connectivity index is 1.26. The maximum absolute atomic E-state index is 13.3. The molecule has 0 aliphatic carbocycles. The first-order valence-electron chi connectivity index (χ1n) is 13.9. The monoisotopic (exact) mass is 603 g/mol. The molecule has 0 radical (unpaired) electrons. The summed E-state index contributed by atoms with van der Waals surface area (Å²) in [5.74, 6) is -1.65. The minimum Gasteiger partial charge on any atom is -0.321 e. The van der Waals surface area contributed by atoms with Gasteiger partial charge in [-0.25, -0.2) is 4.90 Å². The van der Waals surface area contributed by atoms with Crippen LogP contribution < -0.4 is 15.5 Å². The van der Waals surface area contributed by atoms with Crippen molar-refractivity contribution in [2.45, 2.75) is 30.4 Å². The van der Waals surface area contributed by atoms with Gasteiger partial charge in [0.15, 0.2) is 5.78 Å². The van der Waals surface area contributed by atoms with Gasteiger partial charge < -0.3 is 10.6 Å². The van der Waals surface area contributed by atoms with Crippen molar-refractivity contribution in [3.63, 3.8) is 0 Å². The molecule has 2 N–H and O–H groups in total. The quantitative estimate of drug-likeness (QED) is 0.137. The molecule has 220 valence electrons. The molecule has 0 bridgehead atoms. The van der Waals surface area contributed by atoms with Crippen LogP contribution in [0.1, 0.15) is 45.2 Å². The zero-order valence-electron chi connectivity index (χ0n) is 24.1. The van der Waals surface area contributed by atoms with Gasteiger partial charge >= 0.3 is 0 Å². The molecule has 0 saturated carbocycles. The van der Waals surface area contributed by atoms with Gasteiger partial charge in [-0.3, -0.25) is 24.0 Å². The fraction of sp³-hybridized carbons (Fsp3) is 0.114. The van der Waals surface area contributed by atoms with Gasteiger partial charge in [0.2, 0.25) is 11.8 Å². The minimum atomic E-state index is -0.604. The predicted molar refractivity (Wildman–Crippen MR) is 171 cm³/mol. The Labute approximate surface area is 259 Å². The normalized spacial score (nSPS) is 14.8. The third-order valence-electron chi connectivity index (χ3n) is 6.94. The minimum absolute atomic E-state index is 0.0464. The first kappa shape index (κ1) is 30.2. The Kier molecular flexibility index (Phi) is 9.16. The smallest absolute Gasteiger partial charge is 0.272 e. The Morgan fingerprint density at radius 1 is 0.818 bits per heavy atom. The van der Waals surface area contributed by atoms with E-state index in [1.807, 2.05) is 31.2 Å². The lowest BCUT2D eigenvalue weighted by Gasteiger charge is -2.15. The van der Waals surface area contributed by atoms with Gasteiger partial charge in [-0.1, -0.05) is 48.0 Å². The maximum Gasteiger partial charge on any atom is 0.272 e. The van der Waals surface area contributed by atoms with E-state index in [1.165, 1.54) is 18.7 Å². The molecule has 1 atom stereocenters. The number of Topliss-reactive ketones (excluding diaryl/α,β-unsaturated/α-hetero) is 1. The van der Waals surface area contributed by atoms with Crippen molar-refractivity contribution in [3.8, 4) is 0 Å². The second-order valence-corrected chi connectivity index (χ2v) is 11.5. The molecule has 1 heterocycles. The lowest BCUT2D eigenvalue weighted by atomic mass is 10.1. The van der Waals surface area contributed by atoms with Crippen molar-refractivity contribution in [3.05, 3.63) is 131 Å². The van der Waals surface area contributed by atoms with Crippen LogP contribution in [-0.2, 0) is 14.4 Å². The molecule has 1 fully saturated rings. The zero-order valence-corrected chi connectivity index (χ0v) is 24.9. The van der Waals surface area contributed by atoms with Gasteiger partial charge in [0.05, 0.1) is 10.9 Å². The third-order valence-corrected chi connectivity index (χ3v) is 8.14. The summed E-state index contributed by atoms with van der Waals surface area (Å²) in [6.07, 6.45) is 1.66. The van der Waals surface area contributed by atoms with Crippen molar-refractivity contribution in [2.24, 2.45) is 0 Å². The summed E-state index contributed by atoms with van der Waals surface area (Å²) in [6, 6.07) is 29.5. The fourth-order valence-corrected chi connectivity index (χ4v) is 5.62. The summed E-state index contributed by atoms with van der Waals surface area (Å²) in [4.78, 5) is 65.5. The summed E-state index contributed by atoms with van der Waals surface area (Å²) in [5.41, 5.74) is 3.74. The standard InChI is InChI=1S/C35H29N3O5S/c1-22-8-10-24(11-9-22)20-30(37-33(41)26-6-4-3-5-7-26)34(42)36-27-14-18-29(19-15-27)44-31-21-32(40)38(35(31)43)28-16-12-25(13-17-28)23(2)39/h3-20,31H,21H2,1-2H3,(H,36,42)(H,37,41)/b30-20-. The van der Waals surface area contributed by atoms with Crippen molar-refractivity contribution in [1.29, 1.82) is 0 Å². The van der Waals surface area contributed by atoms with E-state index >= 15 is 0 Å². The Bertz CT molecular complexity index is 1750. The third kappa shape index (κ3) is 7.19. The number of carbonyl (C=O) groups excluding carboxylic acids is 5. The molecule has 4 aromatic carbocycles. The number of aryl methyl sites for hydroxylation is 1. The maximum atomic E-state index is 13.3. The van der Waals surface area contributed by atoms with Gasteiger partial charge in [0, 0.05) is 28.1 Å². The number of anilines is 2. The molecule has 44 heavy (non-hydrogen) atoms. The van der Waals surface area contributed by atoms with Crippen molar-refractivity contribution >= 4 is 58.6 Å². The Morgan fingerprint density at radius 2 is 1.48 bits per heavy atom. The summed E-state index contributed by atoms with van der Waals surface area (Å²) in [7, 11) is 0. The van der Waals surface area contributed by atoms with Crippen LogP contribution in [0.3, 0.4) is 0 Å². The highest BCUT2D eigenvalue weighted by atomic mass is 32.2. The van der Waals surface area contributed by atoms with Crippen LogP contribution in [0.2, 0.25) is 0 Å². The lowest BCUT2D eigenvalue weighted by molar-refractivity contribution is -0.121. The summed E-state index contributed by atoms with van der Waals surface area (Å²) in [5, 5.41) is 4.95. The van der Waals surface area contributed by atoms with Crippen molar-refractivity contribution in [1.82, 2.24) is 5.32 Å². The van der Waals surface area contributed by atoms with Crippen LogP contribution in [-0.4, -0.2) is 34.7 Å². The molecule has 5 rings (SSSR count). The highest BCUT2D eigenvalue weighted by Gasteiger charge is 2.40.